The van der Waals surface area contributed by atoms with E-state index in [0.717, 1.165) is 12.1 Å². The molecule has 0 radical (unpaired) electrons. The number of halogens is 6. The Bertz CT molecular complexity index is 488. The monoisotopic (exact) mass is 331 g/mol. The van der Waals surface area contributed by atoms with Crippen molar-refractivity contribution >= 4 is 11.9 Å². The maximum atomic E-state index is 11.8. The molecule has 1 aromatic heterocycles. The average Bonchev–Trinajstić information content (AvgIpc) is 2.40. The van der Waals surface area contributed by atoms with E-state index in [0.29, 0.717) is 6.20 Å². The molecule has 0 fully saturated rings. The molecule has 22 heavy (non-hydrogen) atoms. The molecular formula is C11H7F6NO4. The van der Waals surface area contributed by atoms with Gasteiger partial charge in [0.2, 0.25) is 0 Å². The molecule has 1 heterocycles. The number of carbonyl (C=O) groups excluding carboxylic acids is 2. The third kappa shape index (κ3) is 6.41. The molecular weight excluding hydrogens is 324 g/mol. The number of ether oxygens (including phenoxy) is 2. The molecule has 0 aliphatic carbocycles. The van der Waals surface area contributed by atoms with Crippen LogP contribution in [-0.2, 0) is 9.47 Å². The predicted octanol–water partition coefficient (Wildman–Crippen LogP) is 2.52. The normalized spacial score (nSPS) is 11.9. The molecule has 0 aliphatic heterocycles. The Hall–Kier alpha value is -2.33. The van der Waals surface area contributed by atoms with Crippen LogP contribution in [0.25, 0.3) is 0 Å². The Labute approximate surface area is 118 Å². The number of pyridine rings is 1. The van der Waals surface area contributed by atoms with Gasteiger partial charge in [0.15, 0.2) is 13.2 Å². The van der Waals surface area contributed by atoms with E-state index in [1.54, 1.807) is 0 Å². The first kappa shape index (κ1) is 17.7. The van der Waals surface area contributed by atoms with Crippen molar-refractivity contribution in [3.63, 3.8) is 0 Å². The van der Waals surface area contributed by atoms with Crippen LogP contribution in [0.3, 0.4) is 0 Å². The number of hydrogen-bond acceptors (Lipinski definition) is 5. The van der Waals surface area contributed by atoms with E-state index in [4.69, 9.17) is 0 Å². The van der Waals surface area contributed by atoms with Crippen molar-refractivity contribution in [2.45, 2.75) is 12.4 Å². The highest BCUT2D eigenvalue weighted by atomic mass is 19.4. The quantitative estimate of drug-likeness (QED) is 0.627. The summed E-state index contributed by atoms with van der Waals surface area (Å²) >= 11 is 0. The molecule has 0 atom stereocenters. The van der Waals surface area contributed by atoms with E-state index in [2.05, 4.69) is 14.5 Å². The van der Waals surface area contributed by atoms with Crippen molar-refractivity contribution in [3.05, 3.63) is 29.6 Å². The molecule has 5 nitrogen and oxygen atoms in total. The first-order chi connectivity index (χ1) is 9.98. The van der Waals surface area contributed by atoms with Crippen LogP contribution in [0.15, 0.2) is 18.3 Å². The minimum Gasteiger partial charge on any atom is -0.452 e. The van der Waals surface area contributed by atoms with E-state index >= 15 is 0 Å². The lowest BCUT2D eigenvalue weighted by atomic mass is 10.2. The number of nitrogens with zero attached hydrogens (tertiary/aromatic N) is 1. The number of hydrogen-bond donors (Lipinski definition) is 0. The lowest BCUT2D eigenvalue weighted by molar-refractivity contribution is -0.162. The molecule has 1 aromatic rings. The summed E-state index contributed by atoms with van der Waals surface area (Å²) in [5.74, 6) is -2.74. The molecule has 122 valence electrons. The molecule has 0 spiro atoms. The standard InChI is InChI=1S/C11H7F6NO4/c12-10(13,14)4-21-8(19)6-1-2-7(18-3-6)9(20)22-5-11(15,16)17/h1-3H,4-5H2. The molecule has 0 saturated heterocycles. The number of alkyl halides is 6. The van der Waals surface area contributed by atoms with Gasteiger partial charge in [-0.25, -0.2) is 14.6 Å². The summed E-state index contributed by atoms with van der Waals surface area (Å²) in [5.41, 5.74) is -0.951. The van der Waals surface area contributed by atoms with Crippen LogP contribution in [0.1, 0.15) is 20.8 Å². The number of aromatic nitrogens is 1. The second kappa shape index (κ2) is 6.62. The molecule has 0 amide bonds. The van der Waals surface area contributed by atoms with Crippen molar-refractivity contribution in [2.24, 2.45) is 0 Å². The van der Waals surface area contributed by atoms with Crippen LogP contribution in [-0.4, -0.2) is 42.5 Å². The van der Waals surface area contributed by atoms with Gasteiger partial charge < -0.3 is 9.47 Å². The van der Waals surface area contributed by atoms with E-state index in [9.17, 15) is 35.9 Å². The third-order valence-electron chi connectivity index (χ3n) is 1.94. The van der Waals surface area contributed by atoms with Gasteiger partial charge in [0.25, 0.3) is 0 Å². The second-order valence-corrected chi connectivity index (χ2v) is 3.81. The largest absolute Gasteiger partial charge is 0.452 e. The second-order valence-electron chi connectivity index (χ2n) is 3.81. The van der Waals surface area contributed by atoms with Crippen LogP contribution in [0.4, 0.5) is 26.3 Å². The molecule has 11 heteroatoms. The summed E-state index contributed by atoms with van der Waals surface area (Å²) in [6.07, 6.45) is -8.73. The fourth-order valence-corrected chi connectivity index (χ4v) is 1.09. The lowest BCUT2D eigenvalue weighted by Crippen LogP contribution is -2.21. The highest BCUT2D eigenvalue weighted by Gasteiger charge is 2.31. The van der Waals surface area contributed by atoms with Crippen molar-refractivity contribution < 1.29 is 45.4 Å². The van der Waals surface area contributed by atoms with Crippen LogP contribution in [0, 0.1) is 0 Å². The van der Waals surface area contributed by atoms with Gasteiger partial charge >= 0.3 is 24.3 Å². The zero-order valence-electron chi connectivity index (χ0n) is 10.5. The Balaban J connectivity index is 2.62. The fraction of sp³-hybridized carbons (Fsp3) is 0.364. The maximum absolute atomic E-state index is 11.8. The Kier molecular flexibility index (Phi) is 5.33. The first-order valence-corrected chi connectivity index (χ1v) is 5.42. The molecule has 0 saturated carbocycles. The van der Waals surface area contributed by atoms with Crippen LogP contribution < -0.4 is 0 Å². The highest BCUT2D eigenvalue weighted by Crippen LogP contribution is 2.17. The topological polar surface area (TPSA) is 65.5 Å². The molecule has 0 unspecified atom stereocenters. The zero-order chi connectivity index (χ0) is 17.0. The molecule has 0 aliphatic rings. The van der Waals surface area contributed by atoms with Gasteiger partial charge in [0.1, 0.15) is 5.69 Å². The number of carbonyl (C=O) groups is 2. The smallest absolute Gasteiger partial charge is 0.422 e. The maximum Gasteiger partial charge on any atom is 0.422 e. The van der Waals surface area contributed by atoms with Crippen molar-refractivity contribution in [2.75, 3.05) is 13.2 Å². The summed E-state index contributed by atoms with van der Waals surface area (Å²) in [6.45, 7) is -3.62. The molecule has 0 N–H and O–H groups in total. The van der Waals surface area contributed by atoms with Crippen LogP contribution >= 0.6 is 0 Å². The lowest BCUT2D eigenvalue weighted by Gasteiger charge is -2.08. The Morgan fingerprint density at radius 1 is 0.909 bits per heavy atom. The van der Waals surface area contributed by atoms with E-state index in [1.165, 1.54) is 0 Å². The summed E-state index contributed by atoms with van der Waals surface area (Å²) < 4.78 is 78.8. The summed E-state index contributed by atoms with van der Waals surface area (Å²) in [4.78, 5) is 25.7. The number of rotatable bonds is 4. The molecule has 1 rings (SSSR count). The first-order valence-electron chi connectivity index (χ1n) is 5.42. The van der Waals surface area contributed by atoms with Crippen molar-refractivity contribution in [3.8, 4) is 0 Å². The Morgan fingerprint density at radius 3 is 1.82 bits per heavy atom. The van der Waals surface area contributed by atoms with Gasteiger partial charge in [-0.15, -0.1) is 0 Å². The zero-order valence-corrected chi connectivity index (χ0v) is 10.5. The van der Waals surface area contributed by atoms with E-state index < -0.39 is 48.8 Å². The van der Waals surface area contributed by atoms with Crippen LogP contribution in [0.2, 0.25) is 0 Å². The summed E-state index contributed by atoms with van der Waals surface area (Å²) in [5, 5.41) is 0. The van der Waals surface area contributed by atoms with Crippen molar-refractivity contribution in [1.82, 2.24) is 4.98 Å². The average molecular weight is 331 g/mol. The predicted molar refractivity (Wildman–Crippen MR) is 56.9 cm³/mol. The van der Waals surface area contributed by atoms with Crippen LogP contribution in [0.5, 0.6) is 0 Å². The van der Waals surface area contributed by atoms with Gasteiger partial charge in [-0.1, -0.05) is 0 Å². The fourth-order valence-electron chi connectivity index (χ4n) is 1.09. The van der Waals surface area contributed by atoms with Crippen molar-refractivity contribution in [1.29, 1.82) is 0 Å². The SMILES string of the molecule is O=C(OCC(F)(F)F)c1ccc(C(=O)OCC(F)(F)F)nc1. The van der Waals surface area contributed by atoms with Gasteiger partial charge in [0, 0.05) is 6.20 Å². The van der Waals surface area contributed by atoms with Gasteiger partial charge in [-0.2, -0.15) is 26.3 Å². The minimum atomic E-state index is -4.71. The van der Waals surface area contributed by atoms with Gasteiger partial charge in [-0.05, 0) is 12.1 Å². The van der Waals surface area contributed by atoms with E-state index in [1.807, 2.05) is 0 Å². The van der Waals surface area contributed by atoms with Gasteiger partial charge in [0.05, 0.1) is 5.56 Å². The Morgan fingerprint density at radius 2 is 1.41 bits per heavy atom. The minimum absolute atomic E-state index is 0.406. The third-order valence-corrected chi connectivity index (χ3v) is 1.94. The highest BCUT2D eigenvalue weighted by molar-refractivity contribution is 5.91. The molecule has 0 bridgehead atoms. The molecule has 0 aromatic carbocycles. The summed E-state index contributed by atoms with van der Waals surface area (Å²) in [6, 6.07) is 1.69. The summed E-state index contributed by atoms with van der Waals surface area (Å²) in [7, 11) is 0. The van der Waals surface area contributed by atoms with Gasteiger partial charge in [-0.3, -0.25) is 0 Å². The number of esters is 2. The van der Waals surface area contributed by atoms with E-state index in [-0.39, 0.29) is 0 Å².